The fourth-order valence-corrected chi connectivity index (χ4v) is 13.7. The number of halogens is 4. The number of aromatic nitrogens is 1. The van der Waals surface area contributed by atoms with Gasteiger partial charge >= 0.3 is 6.18 Å². The molecule has 0 unspecified atom stereocenters. The minimum absolute atomic E-state index is 0.0110. The topological polar surface area (TPSA) is 174 Å². The number of carboxylic acid groups (broad SMARTS) is 1. The molecule has 1 saturated heterocycles. The number of fused-ring (bicyclic) bond motifs is 5. The lowest BCUT2D eigenvalue weighted by Gasteiger charge is -2.36. The Morgan fingerprint density at radius 1 is 0.773 bits per heavy atom. The van der Waals surface area contributed by atoms with Gasteiger partial charge in [0.15, 0.2) is 0 Å². The second-order valence-corrected chi connectivity index (χ2v) is 23.7. The van der Waals surface area contributed by atoms with Crippen molar-refractivity contribution in [2.45, 2.75) is 95.6 Å². The molecular weight excluding hydrogens is 1130 g/mol. The number of hydrogen-bond donors (Lipinski definition) is 4. The molecule has 16 nitrogen and oxygen atoms in total. The smallest absolute Gasteiger partial charge is 0.406 e. The quantitative estimate of drug-likeness (QED) is 0.0286. The van der Waals surface area contributed by atoms with Gasteiger partial charge in [0.05, 0.1) is 74.6 Å². The SMILES string of the molecule is COc1cc(C(=O)NCCOCCOCCNC(=O)c2ccc(C(=O)[O-])c(C3=c4cc5c6c(c4Oc4c3cc3c7c4CCCN7CCCC3)CCC[N+]=6CCCC5)c2)ccc1NCC#Cc1cc2c(N[C@@H]3CCN(C)C[C@@H]3F)cccc2n1CC(F)(F)F. The van der Waals surface area contributed by atoms with Gasteiger partial charge in [-0.15, -0.1) is 0 Å². The molecule has 20 heteroatoms. The van der Waals surface area contributed by atoms with E-state index in [1.54, 1.807) is 48.5 Å². The summed E-state index contributed by atoms with van der Waals surface area (Å²) >= 11 is 0. The molecule has 6 aromatic rings. The third-order valence-electron chi connectivity index (χ3n) is 17.8. The maximum atomic E-state index is 14.9. The molecular formula is C68H74F4N8O8. The molecule has 0 spiro atoms. The third-order valence-corrected chi connectivity index (χ3v) is 17.8. The fourth-order valence-electron chi connectivity index (χ4n) is 13.7. The maximum absolute atomic E-state index is 14.9. The first-order chi connectivity index (χ1) is 42.7. The van der Waals surface area contributed by atoms with Gasteiger partial charge < -0.3 is 64.5 Å². The normalized spacial score (nSPS) is 17.9. The Hall–Kier alpha value is -8.12. The van der Waals surface area contributed by atoms with E-state index in [-0.39, 0.29) is 75.7 Å². The summed E-state index contributed by atoms with van der Waals surface area (Å²) in [5.41, 5.74) is 10.4. The van der Waals surface area contributed by atoms with Crippen molar-refractivity contribution in [3.05, 3.63) is 139 Å². The number of piperidine rings is 1. The number of nitrogens with one attached hydrogen (secondary N) is 4. The van der Waals surface area contributed by atoms with Crippen molar-refractivity contribution in [3.63, 3.8) is 0 Å². The molecule has 6 aliphatic heterocycles. The average Bonchev–Trinajstić information content (AvgIpc) is 0.831. The van der Waals surface area contributed by atoms with E-state index in [1.807, 2.05) is 11.9 Å². The molecule has 1 fully saturated rings. The van der Waals surface area contributed by atoms with Crippen molar-refractivity contribution in [2.75, 3.05) is 115 Å². The number of amides is 2. The number of carbonyl (C=O) groups is 3. The molecule has 0 radical (unpaired) electrons. The Bertz CT molecular complexity index is 3890. The van der Waals surface area contributed by atoms with Gasteiger partial charge in [-0.05, 0) is 143 Å². The van der Waals surface area contributed by atoms with Crippen molar-refractivity contribution in [2.24, 2.45) is 0 Å². The number of nitrogens with zero attached hydrogens (tertiary/aromatic N) is 4. The van der Waals surface area contributed by atoms with E-state index in [0.717, 1.165) is 123 Å². The predicted octanol–water partition coefficient (Wildman–Crippen LogP) is 6.90. The highest BCUT2D eigenvalue weighted by molar-refractivity contribution is 6.02. The number of carboxylic acids is 1. The highest BCUT2D eigenvalue weighted by Crippen LogP contribution is 2.49. The van der Waals surface area contributed by atoms with Gasteiger partial charge in [0.1, 0.15) is 43.1 Å². The summed E-state index contributed by atoms with van der Waals surface area (Å²) in [6.45, 7) is 4.99. The third kappa shape index (κ3) is 12.8. The van der Waals surface area contributed by atoms with Crippen LogP contribution in [0, 0.1) is 11.8 Å². The zero-order valence-electron chi connectivity index (χ0n) is 49.8. The number of benzene rings is 5. The number of likely N-dealkylation sites (tertiary alicyclic amines) is 1. The number of aryl methyl sites for hydroxylation is 2. The molecule has 2 atom stereocenters. The second-order valence-electron chi connectivity index (χ2n) is 23.7. The number of methoxy groups -OCH3 is 1. The molecule has 12 rings (SSSR count). The molecule has 5 aromatic carbocycles. The lowest BCUT2D eigenvalue weighted by Crippen LogP contribution is -2.46. The lowest BCUT2D eigenvalue weighted by molar-refractivity contribution is -0.255. The van der Waals surface area contributed by atoms with Crippen LogP contribution in [0.1, 0.15) is 115 Å². The van der Waals surface area contributed by atoms with E-state index in [4.69, 9.17) is 18.9 Å². The van der Waals surface area contributed by atoms with E-state index in [0.29, 0.717) is 57.7 Å². The minimum Gasteiger partial charge on any atom is -0.545 e. The molecule has 2 amide bonds. The standard InChI is InChI=1S/C68H74F4N8O8/c1-77-30-22-56(54(69)40-77)76-55-16-7-17-58-51(55)39-46(80(58)41-68(70,71)72)13-8-23-73-57-21-19-45(38-59(57)85-2)66(82)75-25-32-87-34-33-86-31-24-74-65(81)44-18-20-47(67(83)84)50(37-44)60-52-35-42-11-3-5-26-78-28-9-14-48(61(42)78)63(52)88-64-49-15-10-29-79-27-6-4-12-43(62(49)79)36-53(60)64/h7,16-21,35-39,54,56,76H,3-6,9-12,14-15,22-34,40-41H2,1-2H3,(H3-,73,74,75,81,82,83,84)/t54-,56+/m0/s1. The zero-order chi connectivity index (χ0) is 61.1. The van der Waals surface area contributed by atoms with Crippen LogP contribution < -0.4 is 55.9 Å². The summed E-state index contributed by atoms with van der Waals surface area (Å²) in [5.74, 6) is 5.70. The average molecular weight is 1210 g/mol. The Morgan fingerprint density at radius 2 is 1.51 bits per heavy atom. The first kappa shape index (κ1) is 60.2. The Balaban J connectivity index is 0.640. The Morgan fingerprint density at radius 3 is 2.28 bits per heavy atom. The van der Waals surface area contributed by atoms with E-state index < -0.39 is 30.9 Å². The Kier molecular flexibility index (Phi) is 18.0. The van der Waals surface area contributed by atoms with Crippen LogP contribution in [0.25, 0.3) is 16.5 Å². The van der Waals surface area contributed by atoms with Crippen LogP contribution in [0.3, 0.4) is 0 Å². The highest BCUT2D eigenvalue weighted by atomic mass is 19.4. The van der Waals surface area contributed by atoms with Gasteiger partial charge in [-0.3, -0.25) is 9.59 Å². The summed E-state index contributed by atoms with van der Waals surface area (Å²) < 4.78 is 84.5. The lowest BCUT2D eigenvalue weighted by atomic mass is 9.82. The van der Waals surface area contributed by atoms with Crippen molar-refractivity contribution < 1.29 is 56.0 Å². The number of alkyl halides is 4. The van der Waals surface area contributed by atoms with Crippen LogP contribution in [0.2, 0.25) is 0 Å². The zero-order valence-corrected chi connectivity index (χ0v) is 49.8. The van der Waals surface area contributed by atoms with Crippen LogP contribution in [-0.4, -0.2) is 145 Å². The van der Waals surface area contributed by atoms with E-state index in [2.05, 4.69) is 54.7 Å². The number of aromatic carboxylic acids is 1. The Labute approximate surface area is 508 Å². The predicted molar refractivity (Wildman–Crippen MR) is 327 cm³/mol. The molecule has 0 saturated carbocycles. The summed E-state index contributed by atoms with van der Waals surface area (Å²) in [4.78, 5) is 44.7. The molecule has 0 aliphatic carbocycles. The van der Waals surface area contributed by atoms with E-state index in [1.165, 1.54) is 52.5 Å². The van der Waals surface area contributed by atoms with Crippen LogP contribution in [0.15, 0.2) is 72.8 Å². The highest BCUT2D eigenvalue weighted by Gasteiger charge is 2.37. The number of hydrogen-bond acceptors (Lipinski definition) is 12. The fraction of sp³-hybridized carbons (Fsp3) is 0.441. The second kappa shape index (κ2) is 26.3. The van der Waals surface area contributed by atoms with Crippen LogP contribution in [-0.2, 0) is 41.7 Å². The van der Waals surface area contributed by atoms with Crippen molar-refractivity contribution >= 4 is 51.3 Å². The maximum Gasteiger partial charge on any atom is 0.406 e. The minimum atomic E-state index is -4.52. The summed E-state index contributed by atoms with van der Waals surface area (Å²) in [6, 6.07) is 20.1. The van der Waals surface area contributed by atoms with Gasteiger partial charge in [0, 0.05) is 113 Å². The van der Waals surface area contributed by atoms with E-state index in [9.17, 15) is 37.1 Å². The molecule has 6 aliphatic rings. The molecule has 88 heavy (non-hydrogen) atoms. The van der Waals surface area contributed by atoms with E-state index >= 15 is 0 Å². The van der Waals surface area contributed by atoms with Gasteiger partial charge in [-0.2, -0.15) is 13.2 Å². The van der Waals surface area contributed by atoms with Crippen LogP contribution in [0.4, 0.5) is 34.6 Å². The molecule has 4 N–H and O–H groups in total. The van der Waals surface area contributed by atoms with Gasteiger partial charge in [-0.1, -0.05) is 18.1 Å². The van der Waals surface area contributed by atoms with Gasteiger partial charge in [-0.25, -0.2) is 8.97 Å². The van der Waals surface area contributed by atoms with Crippen molar-refractivity contribution in [3.8, 4) is 29.1 Å². The molecule has 462 valence electrons. The van der Waals surface area contributed by atoms with Crippen molar-refractivity contribution in [1.82, 2.24) is 24.7 Å². The molecule has 1 aromatic heterocycles. The summed E-state index contributed by atoms with van der Waals surface area (Å²) in [7, 11) is 3.31. The van der Waals surface area contributed by atoms with Crippen LogP contribution >= 0.6 is 0 Å². The first-order valence-corrected chi connectivity index (χ1v) is 30.9. The van der Waals surface area contributed by atoms with Gasteiger partial charge in [0.25, 0.3) is 11.8 Å². The van der Waals surface area contributed by atoms with Crippen molar-refractivity contribution in [1.29, 1.82) is 0 Å². The number of rotatable bonds is 19. The number of ether oxygens (including phenoxy) is 4. The monoisotopic (exact) mass is 1210 g/mol. The molecule has 7 heterocycles. The summed E-state index contributed by atoms with van der Waals surface area (Å²) in [6.07, 6.45) is 4.78. The number of carbonyl (C=O) groups excluding carboxylic acids is 3. The van der Waals surface area contributed by atoms with Gasteiger partial charge in [0.2, 0.25) is 5.36 Å². The largest absolute Gasteiger partial charge is 0.545 e. The van der Waals surface area contributed by atoms with Crippen LogP contribution in [0.5, 0.6) is 17.2 Å². The summed E-state index contributed by atoms with van der Waals surface area (Å²) in [5, 5.41) is 28.0. The molecule has 0 bridgehead atoms. The first-order valence-electron chi connectivity index (χ1n) is 30.9. The number of anilines is 3.